The maximum atomic E-state index is 12.5. The number of methoxy groups -OCH3 is 1. The Bertz CT molecular complexity index is 1460. The summed E-state index contributed by atoms with van der Waals surface area (Å²) < 4.78 is 7.08. The lowest BCUT2D eigenvalue weighted by molar-refractivity contribution is -0.384. The van der Waals surface area contributed by atoms with Gasteiger partial charge >= 0.3 is 0 Å². The molecule has 5 rings (SSSR count). The third-order valence-corrected chi connectivity index (χ3v) is 5.92. The van der Waals surface area contributed by atoms with Gasteiger partial charge in [-0.2, -0.15) is 5.10 Å². The number of fused-ring (bicyclic) bond motifs is 2. The highest BCUT2D eigenvalue weighted by Crippen LogP contribution is 2.25. The van der Waals surface area contributed by atoms with Crippen molar-refractivity contribution in [3.8, 4) is 11.6 Å². The van der Waals surface area contributed by atoms with Crippen molar-refractivity contribution in [3.63, 3.8) is 0 Å². The number of nitrogens with one attached hydrogen (secondary N) is 1. The average Bonchev–Trinajstić information content (AvgIpc) is 3.30. The summed E-state index contributed by atoms with van der Waals surface area (Å²) in [5.41, 5.74) is 4.90. The third kappa shape index (κ3) is 4.72. The number of rotatable bonds is 6. The first-order valence-corrected chi connectivity index (χ1v) is 11.1. The molecule has 0 saturated carbocycles. The number of pyridine rings is 2. The van der Waals surface area contributed by atoms with E-state index in [4.69, 9.17) is 9.84 Å². The number of aromatic nitrogens is 4. The Labute approximate surface area is 200 Å². The number of aryl methyl sites for hydroxylation is 1. The lowest BCUT2D eigenvalue weighted by Gasteiger charge is -2.21. The van der Waals surface area contributed by atoms with Gasteiger partial charge in [0.25, 0.3) is 5.69 Å². The zero-order valence-corrected chi connectivity index (χ0v) is 18.9. The van der Waals surface area contributed by atoms with E-state index < -0.39 is 4.92 Å². The minimum atomic E-state index is -0.460. The molecule has 1 aromatic carbocycles. The molecule has 0 spiro atoms. The summed E-state index contributed by atoms with van der Waals surface area (Å²) in [6.45, 7) is 0. The second kappa shape index (κ2) is 9.34. The molecule has 176 valence electrons. The molecule has 0 radical (unpaired) electrons. The Hall–Kier alpha value is -4.60. The van der Waals surface area contributed by atoms with Gasteiger partial charge in [-0.1, -0.05) is 12.1 Å². The van der Waals surface area contributed by atoms with Gasteiger partial charge in [0.1, 0.15) is 5.52 Å². The van der Waals surface area contributed by atoms with Crippen molar-refractivity contribution in [2.45, 2.75) is 25.3 Å². The predicted molar refractivity (Wildman–Crippen MR) is 129 cm³/mol. The fraction of sp³-hybridized carbons (Fsp3) is 0.200. The van der Waals surface area contributed by atoms with Gasteiger partial charge in [0.15, 0.2) is 0 Å². The largest absolute Gasteiger partial charge is 0.481 e. The van der Waals surface area contributed by atoms with Gasteiger partial charge in [-0.05, 0) is 48.6 Å². The van der Waals surface area contributed by atoms with E-state index in [-0.39, 0.29) is 17.6 Å². The summed E-state index contributed by atoms with van der Waals surface area (Å²) in [5.74, 6) is 0.262. The molecule has 1 unspecified atom stereocenters. The third-order valence-electron chi connectivity index (χ3n) is 5.92. The monoisotopic (exact) mass is 470 g/mol. The first-order valence-electron chi connectivity index (χ1n) is 11.1. The number of benzene rings is 1. The van der Waals surface area contributed by atoms with Crippen molar-refractivity contribution in [1.82, 2.24) is 25.1 Å². The van der Waals surface area contributed by atoms with Crippen LogP contribution in [0.25, 0.3) is 22.8 Å². The van der Waals surface area contributed by atoms with Gasteiger partial charge in [-0.25, -0.2) is 9.67 Å². The lowest BCUT2D eigenvalue weighted by Crippen LogP contribution is -2.37. The maximum Gasteiger partial charge on any atom is 0.270 e. The molecule has 3 aromatic heterocycles. The Balaban J connectivity index is 1.30. The van der Waals surface area contributed by atoms with Crippen LogP contribution in [0.4, 0.5) is 5.69 Å². The highest BCUT2D eigenvalue weighted by Gasteiger charge is 2.23. The molecule has 1 N–H and O–H groups in total. The number of nitro groups is 1. The topological polar surface area (TPSA) is 125 Å². The molecule has 10 heteroatoms. The molecule has 1 aliphatic rings. The molecule has 10 nitrogen and oxygen atoms in total. The number of amides is 1. The Morgan fingerprint density at radius 1 is 1.29 bits per heavy atom. The number of nitrogens with zero attached hydrogens (tertiary/aromatic N) is 5. The fourth-order valence-electron chi connectivity index (χ4n) is 4.21. The standard InChI is InChI=1S/C25H22N6O4/c1-35-24-10-8-21-25(28-24)22(11-12-26-21)30-15-17-14-18(6-7-20(17)29-30)27-23(32)9-5-16-3-2-4-19(13-16)31(33)34/h2-5,8-13,15,18H,6-7,14H2,1H3,(H,27,32). The number of carbonyl (C=O) groups excluding carboxylic acids is 1. The van der Waals surface area contributed by atoms with Crippen LogP contribution in [-0.4, -0.2) is 43.7 Å². The molecule has 4 aromatic rings. The van der Waals surface area contributed by atoms with E-state index in [1.807, 2.05) is 23.0 Å². The molecule has 1 amide bonds. The SMILES string of the molecule is COc1ccc2nccc(-n3cc4c(n3)CCC(NC(=O)C=Cc3cccc([N+](=O)[O-])c3)C4)c2n1. The number of nitro benzene ring substituents is 1. The molecule has 0 fully saturated rings. The van der Waals surface area contributed by atoms with Gasteiger partial charge in [-0.3, -0.25) is 19.9 Å². The zero-order chi connectivity index (χ0) is 24.4. The van der Waals surface area contributed by atoms with Crippen molar-refractivity contribution in [2.24, 2.45) is 0 Å². The van der Waals surface area contributed by atoms with Gasteiger partial charge in [-0.15, -0.1) is 0 Å². The lowest BCUT2D eigenvalue weighted by atomic mass is 9.93. The fourth-order valence-corrected chi connectivity index (χ4v) is 4.21. The van der Waals surface area contributed by atoms with Gasteiger partial charge < -0.3 is 10.1 Å². The van der Waals surface area contributed by atoms with Crippen molar-refractivity contribution in [1.29, 1.82) is 0 Å². The second-order valence-electron chi connectivity index (χ2n) is 8.23. The van der Waals surface area contributed by atoms with E-state index in [9.17, 15) is 14.9 Å². The molecule has 1 atom stereocenters. The second-order valence-corrected chi connectivity index (χ2v) is 8.23. The normalized spacial score (nSPS) is 15.2. The van der Waals surface area contributed by atoms with Crippen LogP contribution in [0.15, 0.2) is 60.9 Å². The summed E-state index contributed by atoms with van der Waals surface area (Å²) in [4.78, 5) is 31.9. The van der Waals surface area contributed by atoms with Crippen molar-refractivity contribution in [3.05, 3.63) is 87.9 Å². The Morgan fingerprint density at radius 3 is 3.00 bits per heavy atom. The number of hydrogen-bond donors (Lipinski definition) is 1. The Morgan fingerprint density at radius 2 is 2.17 bits per heavy atom. The van der Waals surface area contributed by atoms with E-state index in [1.54, 1.807) is 37.6 Å². The highest BCUT2D eigenvalue weighted by molar-refractivity contribution is 5.92. The molecule has 3 heterocycles. The predicted octanol–water partition coefficient (Wildman–Crippen LogP) is 3.42. The minimum Gasteiger partial charge on any atom is -0.481 e. The van der Waals surface area contributed by atoms with Crippen LogP contribution in [-0.2, 0) is 17.6 Å². The maximum absolute atomic E-state index is 12.5. The van der Waals surface area contributed by atoms with Gasteiger partial charge in [0, 0.05) is 42.7 Å². The van der Waals surface area contributed by atoms with Crippen molar-refractivity contribution in [2.75, 3.05) is 7.11 Å². The molecule has 0 aliphatic heterocycles. The van der Waals surface area contributed by atoms with Crippen LogP contribution in [0.3, 0.4) is 0 Å². The summed E-state index contributed by atoms with van der Waals surface area (Å²) >= 11 is 0. The summed E-state index contributed by atoms with van der Waals surface area (Å²) in [7, 11) is 1.57. The minimum absolute atomic E-state index is 0.0139. The number of carbonyl (C=O) groups is 1. The summed E-state index contributed by atoms with van der Waals surface area (Å²) in [6.07, 6.45) is 8.84. The molecule has 35 heavy (non-hydrogen) atoms. The molecular weight excluding hydrogens is 448 g/mol. The Kier molecular flexibility index (Phi) is 5.92. The van der Waals surface area contributed by atoms with Crippen LogP contribution >= 0.6 is 0 Å². The number of ether oxygens (including phenoxy) is 1. The van der Waals surface area contributed by atoms with E-state index in [0.29, 0.717) is 23.4 Å². The number of non-ortho nitro benzene ring substituents is 1. The molecule has 1 aliphatic carbocycles. The molecular formula is C25H22N6O4. The van der Waals surface area contributed by atoms with Gasteiger partial charge in [0.2, 0.25) is 11.8 Å². The van der Waals surface area contributed by atoms with Crippen molar-refractivity contribution < 1.29 is 14.5 Å². The summed E-state index contributed by atoms with van der Waals surface area (Å²) in [5, 5.41) is 18.7. The number of hydrogen-bond acceptors (Lipinski definition) is 7. The first-order chi connectivity index (χ1) is 17.0. The quantitative estimate of drug-likeness (QED) is 0.260. The first kappa shape index (κ1) is 22.2. The van der Waals surface area contributed by atoms with Crippen molar-refractivity contribution >= 4 is 28.7 Å². The van der Waals surface area contributed by atoms with E-state index >= 15 is 0 Å². The van der Waals surface area contributed by atoms with Gasteiger partial charge in [0.05, 0.1) is 28.9 Å². The highest BCUT2D eigenvalue weighted by atomic mass is 16.6. The van der Waals surface area contributed by atoms with Crippen LogP contribution in [0.5, 0.6) is 5.88 Å². The van der Waals surface area contributed by atoms with Crippen LogP contribution in [0.1, 0.15) is 23.2 Å². The summed E-state index contributed by atoms with van der Waals surface area (Å²) in [6, 6.07) is 11.6. The van der Waals surface area contributed by atoms with E-state index in [2.05, 4.69) is 15.3 Å². The van der Waals surface area contributed by atoms with E-state index in [0.717, 1.165) is 35.3 Å². The van der Waals surface area contributed by atoms with Crippen LogP contribution in [0.2, 0.25) is 0 Å². The van der Waals surface area contributed by atoms with E-state index in [1.165, 1.54) is 18.2 Å². The zero-order valence-electron chi connectivity index (χ0n) is 18.9. The van der Waals surface area contributed by atoms with Crippen LogP contribution < -0.4 is 10.1 Å². The molecule has 0 saturated heterocycles. The smallest absolute Gasteiger partial charge is 0.270 e. The average molecular weight is 470 g/mol. The molecule has 0 bridgehead atoms. The van der Waals surface area contributed by atoms with Crippen LogP contribution in [0, 0.1) is 10.1 Å².